The number of aryl methyl sites for hydroxylation is 1. The minimum absolute atomic E-state index is 0.0474. The fraction of sp³-hybridized carbons (Fsp3) is 0.292. The largest absolute Gasteiger partial charge is 0.437 e. The third-order valence-electron chi connectivity index (χ3n) is 5.66. The summed E-state index contributed by atoms with van der Waals surface area (Å²) >= 11 is 0. The second-order valence-electron chi connectivity index (χ2n) is 7.91. The van der Waals surface area contributed by atoms with E-state index in [1.165, 1.54) is 30.5 Å². The molecule has 3 aromatic rings. The summed E-state index contributed by atoms with van der Waals surface area (Å²) in [5, 5.41) is 12.5. The predicted octanol–water partition coefficient (Wildman–Crippen LogP) is 4.21. The molecule has 4 rings (SSSR count). The third kappa shape index (κ3) is 4.70. The van der Waals surface area contributed by atoms with Crippen molar-refractivity contribution in [2.75, 3.05) is 5.32 Å². The number of hydrogen-bond acceptors (Lipinski definition) is 5. The summed E-state index contributed by atoms with van der Waals surface area (Å²) in [6.45, 7) is 1.71. The third-order valence-corrected chi connectivity index (χ3v) is 5.66. The highest BCUT2D eigenvalue weighted by Crippen LogP contribution is 2.29. The first-order chi connectivity index (χ1) is 15.4. The summed E-state index contributed by atoms with van der Waals surface area (Å²) in [5.41, 5.74) is 0.533. The lowest BCUT2D eigenvalue weighted by Gasteiger charge is -2.27. The molecule has 0 spiro atoms. The fourth-order valence-corrected chi connectivity index (χ4v) is 3.91. The van der Waals surface area contributed by atoms with Gasteiger partial charge in [0.2, 0.25) is 5.88 Å². The average molecular weight is 437 g/mol. The van der Waals surface area contributed by atoms with E-state index in [-0.39, 0.29) is 34.8 Å². The molecule has 8 heteroatoms. The van der Waals surface area contributed by atoms with Crippen LogP contribution >= 0.6 is 0 Å². The lowest BCUT2D eigenvalue weighted by Crippen LogP contribution is -2.34. The molecule has 1 saturated carbocycles. The molecule has 1 aromatic carbocycles. The van der Waals surface area contributed by atoms with Gasteiger partial charge in [-0.3, -0.25) is 9.59 Å². The van der Waals surface area contributed by atoms with Crippen LogP contribution in [0.15, 0.2) is 59.7 Å². The minimum Gasteiger partial charge on any atom is -0.437 e. The summed E-state index contributed by atoms with van der Waals surface area (Å²) in [6.07, 6.45) is 5.52. The first-order valence-corrected chi connectivity index (χ1v) is 10.5. The summed E-state index contributed by atoms with van der Waals surface area (Å²) in [5.74, 6) is -0.467. The number of aliphatic hydroxyl groups is 1. The molecule has 32 heavy (non-hydrogen) atoms. The number of aliphatic hydroxyl groups excluding tert-OH is 1. The lowest BCUT2D eigenvalue weighted by atomic mass is 9.92. The zero-order valence-electron chi connectivity index (χ0n) is 17.6. The van der Waals surface area contributed by atoms with Gasteiger partial charge in [-0.05, 0) is 80.6 Å². The van der Waals surface area contributed by atoms with Gasteiger partial charge in [0, 0.05) is 18.4 Å². The second kappa shape index (κ2) is 9.32. The van der Waals surface area contributed by atoms with E-state index in [1.54, 1.807) is 35.9 Å². The van der Waals surface area contributed by atoms with Gasteiger partial charge in [-0.1, -0.05) is 0 Å². The van der Waals surface area contributed by atoms with Crippen LogP contribution in [0.1, 0.15) is 47.6 Å². The van der Waals surface area contributed by atoms with E-state index >= 15 is 0 Å². The quantitative estimate of drug-likeness (QED) is 0.624. The number of hydrogen-bond donors (Lipinski definition) is 2. The van der Waals surface area contributed by atoms with E-state index in [1.807, 2.05) is 0 Å². The molecule has 1 fully saturated rings. The Balaban J connectivity index is 1.59. The van der Waals surface area contributed by atoms with Crippen molar-refractivity contribution in [2.45, 2.75) is 44.8 Å². The van der Waals surface area contributed by atoms with Crippen LogP contribution in [0.2, 0.25) is 0 Å². The summed E-state index contributed by atoms with van der Waals surface area (Å²) in [6, 6.07) is 10.4. The van der Waals surface area contributed by atoms with Gasteiger partial charge in [-0.25, -0.2) is 9.37 Å². The van der Waals surface area contributed by atoms with Crippen molar-refractivity contribution in [2.24, 2.45) is 0 Å². The molecule has 0 unspecified atom stereocenters. The van der Waals surface area contributed by atoms with E-state index < -0.39 is 11.7 Å². The van der Waals surface area contributed by atoms with Crippen LogP contribution in [0.3, 0.4) is 0 Å². The van der Waals surface area contributed by atoms with Crippen molar-refractivity contribution in [1.29, 1.82) is 0 Å². The molecule has 0 bridgehead atoms. The Morgan fingerprint density at radius 3 is 2.59 bits per heavy atom. The first kappa shape index (κ1) is 21.7. The van der Waals surface area contributed by atoms with Gasteiger partial charge in [-0.15, -0.1) is 0 Å². The van der Waals surface area contributed by atoms with Crippen LogP contribution in [0, 0.1) is 12.7 Å². The molecule has 2 N–H and O–H groups in total. The number of benzene rings is 1. The van der Waals surface area contributed by atoms with Crippen molar-refractivity contribution >= 4 is 11.6 Å². The molecule has 0 radical (unpaired) electrons. The molecule has 1 aliphatic carbocycles. The number of rotatable bonds is 5. The number of anilines is 1. The van der Waals surface area contributed by atoms with Crippen molar-refractivity contribution < 1.29 is 19.0 Å². The molecular weight excluding hydrogens is 413 g/mol. The van der Waals surface area contributed by atoms with Crippen LogP contribution < -0.4 is 15.6 Å². The molecule has 166 valence electrons. The van der Waals surface area contributed by atoms with Crippen molar-refractivity contribution in [3.05, 3.63) is 82.2 Å². The Morgan fingerprint density at radius 1 is 1.16 bits per heavy atom. The minimum atomic E-state index is -0.561. The van der Waals surface area contributed by atoms with Gasteiger partial charge in [0.05, 0.1) is 6.10 Å². The normalized spacial score (nSPS) is 18.2. The monoisotopic (exact) mass is 437 g/mol. The van der Waals surface area contributed by atoms with Crippen LogP contribution in [0.4, 0.5) is 10.1 Å². The Labute approximate surface area is 184 Å². The number of carbonyl (C=O) groups excluding carboxylic acids is 1. The number of ether oxygens (including phenoxy) is 1. The lowest BCUT2D eigenvalue weighted by molar-refractivity contribution is 0.101. The zero-order valence-corrected chi connectivity index (χ0v) is 17.6. The molecular formula is C24H24FN3O4. The summed E-state index contributed by atoms with van der Waals surface area (Å²) in [4.78, 5) is 30.4. The number of pyridine rings is 2. The zero-order chi connectivity index (χ0) is 22.7. The van der Waals surface area contributed by atoms with Gasteiger partial charge < -0.3 is 19.7 Å². The predicted molar refractivity (Wildman–Crippen MR) is 118 cm³/mol. The molecule has 1 amide bonds. The Bertz CT molecular complexity index is 1170. The number of nitrogens with zero attached hydrogens (tertiary/aromatic N) is 2. The maximum absolute atomic E-state index is 13.2. The molecule has 7 nitrogen and oxygen atoms in total. The second-order valence-corrected chi connectivity index (χ2v) is 7.91. The topological polar surface area (TPSA) is 93.5 Å². The van der Waals surface area contributed by atoms with Gasteiger partial charge in [0.1, 0.15) is 22.8 Å². The van der Waals surface area contributed by atoms with Gasteiger partial charge in [0.15, 0.2) is 0 Å². The van der Waals surface area contributed by atoms with Gasteiger partial charge in [0.25, 0.3) is 11.5 Å². The van der Waals surface area contributed by atoms with Gasteiger partial charge in [-0.2, -0.15) is 0 Å². The summed E-state index contributed by atoms with van der Waals surface area (Å²) in [7, 11) is 0. The summed E-state index contributed by atoms with van der Waals surface area (Å²) < 4.78 is 20.4. The van der Waals surface area contributed by atoms with E-state index in [0.29, 0.717) is 37.0 Å². The number of nitrogens with one attached hydrogen (secondary N) is 1. The highest BCUT2D eigenvalue weighted by molar-refractivity contribution is 6.05. The van der Waals surface area contributed by atoms with E-state index in [9.17, 15) is 19.1 Å². The van der Waals surface area contributed by atoms with Gasteiger partial charge >= 0.3 is 0 Å². The van der Waals surface area contributed by atoms with Crippen molar-refractivity contribution in [3.63, 3.8) is 0 Å². The molecule has 2 aromatic heterocycles. The number of amides is 1. The molecule has 1 aliphatic rings. The number of aromatic nitrogens is 2. The molecule has 0 aliphatic heterocycles. The Kier molecular flexibility index (Phi) is 6.32. The fourth-order valence-electron chi connectivity index (χ4n) is 3.91. The SMILES string of the molecule is Cc1ccn(C2CCC(O)CC2)c(=O)c1C(=O)Nc1cccnc1Oc1ccc(F)cc1. The average Bonchev–Trinajstić information content (AvgIpc) is 2.78. The molecule has 0 saturated heterocycles. The van der Waals surface area contributed by atoms with E-state index in [2.05, 4.69) is 10.3 Å². The standard InChI is InChI=1S/C24H24FN3O4/c1-15-12-14-28(17-6-8-18(29)9-7-17)24(31)21(15)22(30)27-20-3-2-13-26-23(20)32-19-10-4-16(25)5-11-19/h2-5,10-14,17-18,29H,6-9H2,1H3,(H,27,30). The van der Waals surface area contributed by atoms with E-state index in [4.69, 9.17) is 4.74 Å². The Morgan fingerprint density at radius 2 is 1.88 bits per heavy atom. The van der Waals surface area contributed by atoms with Crippen LogP contribution in [-0.4, -0.2) is 26.7 Å². The van der Waals surface area contributed by atoms with Crippen molar-refractivity contribution in [3.8, 4) is 11.6 Å². The van der Waals surface area contributed by atoms with Crippen LogP contribution in [0.25, 0.3) is 0 Å². The number of carbonyl (C=O) groups is 1. The van der Waals surface area contributed by atoms with Crippen LogP contribution in [0.5, 0.6) is 11.6 Å². The number of halogens is 1. The molecule has 0 atom stereocenters. The Hall–Kier alpha value is -3.52. The maximum Gasteiger partial charge on any atom is 0.263 e. The first-order valence-electron chi connectivity index (χ1n) is 10.5. The van der Waals surface area contributed by atoms with Crippen LogP contribution in [-0.2, 0) is 0 Å². The highest BCUT2D eigenvalue weighted by Gasteiger charge is 2.24. The molecule has 2 heterocycles. The van der Waals surface area contributed by atoms with E-state index in [0.717, 1.165) is 0 Å². The van der Waals surface area contributed by atoms with Crippen molar-refractivity contribution in [1.82, 2.24) is 9.55 Å². The highest BCUT2D eigenvalue weighted by atomic mass is 19.1. The maximum atomic E-state index is 13.2. The smallest absolute Gasteiger partial charge is 0.263 e.